The van der Waals surface area contributed by atoms with Gasteiger partial charge in [-0.05, 0) is 25.7 Å². The normalized spacial score (nSPS) is 21.9. The van der Waals surface area contributed by atoms with Gasteiger partial charge in [0.05, 0.1) is 25.5 Å². The molecule has 0 unspecified atom stereocenters. The van der Waals surface area contributed by atoms with Crippen LogP contribution in [0, 0.1) is 0 Å². The number of hydrogen-bond acceptors (Lipinski definition) is 6. The number of nitrogens with one attached hydrogen (secondary N) is 1. The van der Waals surface area contributed by atoms with E-state index in [9.17, 15) is 9.59 Å². The number of aromatic amines is 1. The highest BCUT2D eigenvalue weighted by molar-refractivity contribution is 5.76. The Kier molecular flexibility index (Phi) is 4.71. The fourth-order valence-electron chi connectivity index (χ4n) is 4.49. The molecule has 0 aromatic carbocycles. The van der Waals surface area contributed by atoms with Gasteiger partial charge >= 0.3 is 0 Å². The molecular formula is C18H26N4O4. The van der Waals surface area contributed by atoms with Gasteiger partial charge in [-0.15, -0.1) is 0 Å². The summed E-state index contributed by atoms with van der Waals surface area (Å²) in [6.07, 6.45) is 3.52. The van der Waals surface area contributed by atoms with E-state index in [1.54, 1.807) is 0 Å². The van der Waals surface area contributed by atoms with Gasteiger partial charge in [0.15, 0.2) is 0 Å². The van der Waals surface area contributed by atoms with E-state index in [0.717, 1.165) is 50.0 Å². The Morgan fingerprint density at radius 3 is 2.62 bits per heavy atom. The van der Waals surface area contributed by atoms with E-state index in [0.29, 0.717) is 32.3 Å². The van der Waals surface area contributed by atoms with Crippen LogP contribution in [0.25, 0.3) is 0 Å². The molecule has 8 heteroatoms. The van der Waals surface area contributed by atoms with Crippen LogP contribution in [0.1, 0.15) is 36.9 Å². The van der Waals surface area contributed by atoms with Gasteiger partial charge in [-0.2, -0.15) is 0 Å². The third-order valence-corrected chi connectivity index (χ3v) is 6.07. The largest absolute Gasteiger partial charge is 0.396 e. The maximum absolute atomic E-state index is 12.6. The first-order chi connectivity index (χ1) is 12.6. The van der Waals surface area contributed by atoms with Crippen molar-refractivity contribution >= 4 is 11.9 Å². The summed E-state index contributed by atoms with van der Waals surface area (Å²) in [6, 6.07) is 0. The number of fused-ring (bicyclic) bond motifs is 2. The van der Waals surface area contributed by atoms with Crippen LogP contribution in [0.5, 0.6) is 0 Å². The van der Waals surface area contributed by atoms with Gasteiger partial charge in [-0.25, -0.2) is 4.98 Å². The standard InChI is InChI=1S/C18H26N4O4/c23-10-2-14(24)21-6-4-18(5-7-21)3-1-13-15(18)19-17(20-16(13)25)22-8-11-26-12-9-22/h23H,1-12H2,(H,19,20,25). The van der Waals surface area contributed by atoms with Crippen molar-refractivity contribution in [3.8, 4) is 0 Å². The zero-order valence-electron chi connectivity index (χ0n) is 15.0. The van der Waals surface area contributed by atoms with E-state index in [1.165, 1.54) is 0 Å². The molecule has 3 heterocycles. The van der Waals surface area contributed by atoms with Crippen LogP contribution < -0.4 is 10.5 Å². The monoisotopic (exact) mass is 362 g/mol. The molecule has 2 saturated heterocycles. The van der Waals surface area contributed by atoms with E-state index in [1.807, 2.05) is 4.90 Å². The van der Waals surface area contributed by atoms with Crippen molar-refractivity contribution in [3.05, 3.63) is 21.6 Å². The highest BCUT2D eigenvalue weighted by Gasteiger charge is 2.44. The molecule has 1 spiro atoms. The molecule has 4 rings (SSSR count). The molecule has 1 aromatic rings. The molecule has 0 radical (unpaired) electrons. The molecule has 142 valence electrons. The van der Waals surface area contributed by atoms with Gasteiger partial charge in [0.25, 0.3) is 5.56 Å². The van der Waals surface area contributed by atoms with Crippen LogP contribution in [-0.2, 0) is 21.4 Å². The number of rotatable bonds is 3. The first-order valence-electron chi connectivity index (χ1n) is 9.48. The average Bonchev–Trinajstić information content (AvgIpc) is 3.02. The Labute approximate surface area is 152 Å². The molecule has 2 aliphatic heterocycles. The number of aliphatic hydroxyl groups excluding tert-OH is 1. The summed E-state index contributed by atoms with van der Waals surface area (Å²) in [4.78, 5) is 36.4. The molecule has 26 heavy (non-hydrogen) atoms. The quantitative estimate of drug-likeness (QED) is 0.772. The molecule has 0 atom stereocenters. The third kappa shape index (κ3) is 3.01. The number of carbonyl (C=O) groups excluding carboxylic acids is 1. The zero-order chi connectivity index (χ0) is 18.1. The van der Waals surface area contributed by atoms with Crippen LogP contribution in [0.3, 0.4) is 0 Å². The van der Waals surface area contributed by atoms with Crippen molar-refractivity contribution in [2.75, 3.05) is 50.9 Å². The van der Waals surface area contributed by atoms with Gasteiger partial charge in [0.1, 0.15) is 0 Å². The van der Waals surface area contributed by atoms with E-state index in [4.69, 9.17) is 14.8 Å². The number of likely N-dealkylation sites (tertiary alicyclic amines) is 1. The summed E-state index contributed by atoms with van der Waals surface area (Å²) < 4.78 is 5.39. The predicted molar refractivity (Wildman–Crippen MR) is 95.4 cm³/mol. The molecule has 0 saturated carbocycles. The second-order valence-electron chi connectivity index (χ2n) is 7.45. The molecule has 8 nitrogen and oxygen atoms in total. The highest BCUT2D eigenvalue weighted by Crippen LogP contribution is 2.44. The maximum Gasteiger partial charge on any atom is 0.255 e. The Morgan fingerprint density at radius 1 is 1.19 bits per heavy atom. The zero-order valence-corrected chi connectivity index (χ0v) is 15.0. The fourth-order valence-corrected chi connectivity index (χ4v) is 4.49. The minimum absolute atomic E-state index is 0.00782. The van der Waals surface area contributed by atoms with Gasteiger partial charge in [-0.1, -0.05) is 0 Å². The first kappa shape index (κ1) is 17.5. The average molecular weight is 362 g/mol. The van der Waals surface area contributed by atoms with Gasteiger partial charge < -0.3 is 19.6 Å². The first-order valence-corrected chi connectivity index (χ1v) is 9.48. The number of morpholine rings is 1. The fraction of sp³-hybridized carbons (Fsp3) is 0.722. The Bertz CT molecular complexity index is 733. The molecule has 2 fully saturated rings. The summed E-state index contributed by atoms with van der Waals surface area (Å²) in [7, 11) is 0. The van der Waals surface area contributed by atoms with E-state index in [-0.39, 0.29) is 29.9 Å². The number of nitrogens with zero attached hydrogens (tertiary/aromatic N) is 3. The van der Waals surface area contributed by atoms with Crippen molar-refractivity contribution in [3.63, 3.8) is 0 Å². The summed E-state index contributed by atoms with van der Waals surface area (Å²) in [5.41, 5.74) is 1.64. The van der Waals surface area contributed by atoms with E-state index < -0.39 is 0 Å². The number of carbonyl (C=O) groups is 1. The summed E-state index contributed by atoms with van der Waals surface area (Å²) in [5.74, 6) is 0.658. The molecule has 1 amide bonds. The van der Waals surface area contributed by atoms with Crippen molar-refractivity contribution in [1.82, 2.24) is 14.9 Å². The molecule has 3 aliphatic rings. The van der Waals surface area contributed by atoms with Crippen molar-refractivity contribution < 1.29 is 14.6 Å². The summed E-state index contributed by atoms with van der Waals surface area (Å²) >= 11 is 0. The summed E-state index contributed by atoms with van der Waals surface area (Å²) in [5, 5.41) is 8.98. The molecular weight excluding hydrogens is 336 g/mol. The predicted octanol–water partition coefficient (Wildman–Crippen LogP) is -0.205. The Morgan fingerprint density at radius 2 is 1.92 bits per heavy atom. The lowest BCUT2D eigenvalue weighted by atomic mass is 9.76. The maximum atomic E-state index is 12.6. The molecule has 0 bridgehead atoms. The number of ether oxygens (including phenoxy) is 1. The Balaban J connectivity index is 1.58. The van der Waals surface area contributed by atoms with Crippen LogP contribution in [-0.4, -0.2) is 71.9 Å². The number of hydrogen-bond donors (Lipinski definition) is 2. The van der Waals surface area contributed by atoms with Gasteiger partial charge in [-0.3, -0.25) is 14.6 Å². The smallest absolute Gasteiger partial charge is 0.255 e. The number of H-pyrrole nitrogens is 1. The Hall–Kier alpha value is -1.93. The van der Waals surface area contributed by atoms with Gasteiger partial charge in [0, 0.05) is 43.6 Å². The molecule has 1 aliphatic carbocycles. The number of aliphatic hydroxyl groups is 1. The third-order valence-electron chi connectivity index (χ3n) is 6.07. The number of piperidine rings is 1. The molecule has 2 N–H and O–H groups in total. The SMILES string of the molecule is O=C(CCO)N1CCC2(CCc3c2nc(N2CCOCC2)[nH]c3=O)CC1. The van der Waals surface area contributed by atoms with Crippen molar-refractivity contribution in [1.29, 1.82) is 0 Å². The highest BCUT2D eigenvalue weighted by atomic mass is 16.5. The summed E-state index contributed by atoms with van der Waals surface area (Å²) in [6.45, 7) is 3.99. The van der Waals surface area contributed by atoms with E-state index in [2.05, 4.69) is 9.88 Å². The van der Waals surface area contributed by atoms with Gasteiger partial charge in [0.2, 0.25) is 11.9 Å². The molecule has 1 aromatic heterocycles. The second kappa shape index (κ2) is 7.00. The van der Waals surface area contributed by atoms with Crippen molar-refractivity contribution in [2.45, 2.75) is 37.5 Å². The van der Waals surface area contributed by atoms with Crippen LogP contribution >= 0.6 is 0 Å². The van der Waals surface area contributed by atoms with E-state index >= 15 is 0 Å². The lowest BCUT2D eigenvalue weighted by molar-refractivity contribution is -0.133. The van der Waals surface area contributed by atoms with Crippen LogP contribution in [0.2, 0.25) is 0 Å². The topological polar surface area (TPSA) is 98.8 Å². The number of aromatic nitrogens is 2. The number of amides is 1. The lowest BCUT2D eigenvalue weighted by Crippen LogP contribution is -2.45. The minimum atomic E-state index is -0.108. The second-order valence-corrected chi connectivity index (χ2v) is 7.45. The minimum Gasteiger partial charge on any atom is -0.396 e. The lowest BCUT2D eigenvalue weighted by Gasteiger charge is -2.39. The van der Waals surface area contributed by atoms with Crippen molar-refractivity contribution in [2.24, 2.45) is 0 Å². The van der Waals surface area contributed by atoms with Crippen LogP contribution in [0.4, 0.5) is 5.95 Å². The number of anilines is 1. The van der Waals surface area contributed by atoms with Crippen LogP contribution in [0.15, 0.2) is 4.79 Å².